The standard InChI is InChI=1S/C14H16N4O2S2/c19-11(17-13-15-4-6-21-13)9-2-1-3-10(8-9)12(20)18-14-16-5-7-22-14/h4-7,9-10H,1-3,8H2,(H,15,17,19)(H,16,18,20)/t9-,10+. The first-order valence-corrected chi connectivity index (χ1v) is 8.89. The van der Waals surface area contributed by atoms with Crippen molar-refractivity contribution in [1.82, 2.24) is 9.97 Å². The molecule has 0 saturated heterocycles. The maximum atomic E-state index is 12.3. The van der Waals surface area contributed by atoms with Crippen LogP contribution in [-0.4, -0.2) is 21.8 Å². The molecule has 22 heavy (non-hydrogen) atoms. The van der Waals surface area contributed by atoms with Crippen molar-refractivity contribution in [1.29, 1.82) is 0 Å². The van der Waals surface area contributed by atoms with Gasteiger partial charge in [-0.3, -0.25) is 9.59 Å². The smallest absolute Gasteiger partial charge is 0.229 e. The van der Waals surface area contributed by atoms with Gasteiger partial charge in [-0.05, 0) is 19.3 Å². The molecule has 0 bridgehead atoms. The molecular formula is C14H16N4O2S2. The van der Waals surface area contributed by atoms with E-state index in [1.54, 1.807) is 12.4 Å². The summed E-state index contributed by atoms with van der Waals surface area (Å²) in [5, 5.41) is 10.5. The first kappa shape index (κ1) is 15.1. The van der Waals surface area contributed by atoms with Crippen LogP contribution in [0.1, 0.15) is 25.7 Å². The number of aromatic nitrogens is 2. The van der Waals surface area contributed by atoms with Gasteiger partial charge in [-0.2, -0.15) is 0 Å². The topological polar surface area (TPSA) is 84.0 Å². The molecule has 2 atom stereocenters. The van der Waals surface area contributed by atoms with Crippen LogP contribution in [0.4, 0.5) is 10.3 Å². The minimum absolute atomic E-state index is 0.0401. The third kappa shape index (κ3) is 3.69. The number of nitrogens with one attached hydrogen (secondary N) is 2. The Morgan fingerprint density at radius 1 is 0.955 bits per heavy atom. The molecule has 0 unspecified atom stereocenters. The Labute approximate surface area is 136 Å². The minimum atomic E-state index is -0.135. The van der Waals surface area contributed by atoms with E-state index in [1.165, 1.54) is 22.7 Å². The van der Waals surface area contributed by atoms with Crippen molar-refractivity contribution in [3.8, 4) is 0 Å². The summed E-state index contributed by atoms with van der Waals surface area (Å²) < 4.78 is 0. The zero-order valence-corrected chi connectivity index (χ0v) is 13.5. The van der Waals surface area contributed by atoms with E-state index in [4.69, 9.17) is 0 Å². The number of rotatable bonds is 4. The number of carbonyl (C=O) groups excluding carboxylic acids is 2. The lowest BCUT2D eigenvalue weighted by molar-refractivity contribution is -0.124. The monoisotopic (exact) mass is 336 g/mol. The van der Waals surface area contributed by atoms with Crippen molar-refractivity contribution in [3.63, 3.8) is 0 Å². The maximum Gasteiger partial charge on any atom is 0.229 e. The molecule has 2 aromatic rings. The first-order chi connectivity index (χ1) is 10.7. The van der Waals surface area contributed by atoms with Crippen molar-refractivity contribution >= 4 is 44.8 Å². The fourth-order valence-electron chi connectivity index (χ4n) is 2.65. The van der Waals surface area contributed by atoms with Gasteiger partial charge in [0.2, 0.25) is 11.8 Å². The van der Waals surface area contributed by atoms with Crippen molar-refractivity contribution in [2.24, 2.45) is 11.8 Å². The molecule has 0 aliphatic heterocycles. The summed E-state index contributed by atoms with van der Waals surface area (Å²) in [6.07, 6.45) is 6.41. The summed E-state index contributed by atoms with van der Waals surface area (Å²) >= 11 is 2.79. The lowest BCUT2D eigenvalue weighted by atomic mass is 9.80. The van der Waals surface area contributed by atoms with Gasteiger partial charge in [-0.1, -0.05) is 6.42 Å². The molecule has 0 spiro atoms. The van der Waals surface area contributed by atoms with Crippen molar-refractivity contribution < 1.29 is 9.59 Å². The normalized spacial score (nSPS) is 21.3. The Kier molecular flexibility index (Phi) is 4.79. The van der Waals surface area contributed by atoms with E-state index in [2.05, 4.69) is 20.6 Å². The molecule has 2 amide bonds. The Morgan fingerprint density at radius 2 is 1.45 bits per heavy atom. The molecule has 6 nitrogen and oxygen atoms in total. The average molecular weight is 336 g/mol. The van der Waals surface area contributed by atoms with Crippen molar-refractivity contribution in [2.75, 3.05) is 10.6 Å². The van der Waals surface area contributed by atoms with E-state index in [9.17, 15) is 9.59 Å². The Morgan fingerprint density at radius 3 is 1.86 bits per heavy atom. The van der Waals surface area contributed by atoms with Gasteiger partial charge in [0.25, 0.3) is 0 Å². The predicted octanol–water partition coefficient (Wildman–Crippen LogP) is 2.98. The van der Waals surface area contributed by atoms with Gasteiger partial charge >= 0.3 is 0 Å². The van der Waals surface area contributed by atoms with Crippen molar-refractivity contribution in [3.05, 3.63) is 23.2 Å². The van der Waals surface area contributed by atoms with Crippen LogP contribution in [0.2, 0.25) is 0 Å². The number of carbonyl (C=O) groups is 2. The number of amides is 2. The van der Waals surface area contributed by atoms with Crippen LogP contribution in [0.5, 0.6) is 0 Å². The molecule has 1 saturated carbocycles. The average Bonchev–Trinajstić information content (AvgIpc) is 3.21. The van der Waals surface area contributed by atoms with E-state index in [0.29, 0.717) is 16.7 Å². The van der Waals surface area contributed by atoms with Crippen LogP contribution in [0, 0.1) is 11.8 Å². The van der Waals surface area contributed by atoms with Crippen LogP contribution < -0.4 is 10.6 Å². The summed E-state index contributed by atoms with van der Waals surface area (Å²) in [4.78, 5) is 32.6. The SMILES string of the molecule is O=C(Nc1nccs1)[C@@H]1CCC[C@H](C(=O)Nc2nccs2)C1. The molecule has 3 rings (SSSR count). The second kappa shape index (κ2) is 6.97. The van der Waals surface area contributed by atoms with Gasteiger partial charge in [0.15, 0.2) is 10.3 Å². The number of hydrogen-bond donors (Lipinski definition) is 2. The van der Waals surface area contributed by atoms with Gasteiger partial charge in [0.1, 0.15) is 0 Å². The quantitative estimate of drug-likeness (QED) is 0.899. The van der Waals surface area contributed by atoms with E-state index < -0.39 is 0 Å². The molecule has 2 aromatic heterocycles. The second-order valence-electron chi connectivity index (χ2n) is 5.21. The van der Waals surface area contributed by atoms with E-state index >= 15 is 0 Å². The maximum absolute atomic E-state index is 12.3. The largest absolute Gasteiger partial charge is 0.302 e. The highest BCUT2D eigenvalue weighted by Gasteiger charge is 2.31. The number of nitrogens with zero attached hydrogens (tertiary/aromatic N) is 2. The molecule has 0 radical (unpaired) electrons. The third-order valence-electron chi connectivity index (χ3n) is 3.74. The molecule has 116 valence electrons. The van der Waals surface area contributed by atoms with Crippen LogP contribution in [0.25, 0.3) is 0 Å². The summed E-state index contributed by atoms with van der Waals surface area (Å²) in [6, 6.07) is 0. The highest BCUT2D eigenvalue weighted by atomic mass is 32.1. The van der Waals surface area contributed by atoms with Crippen LogP contribution in [-0.2, 0) is 9.59 Å². The van der Waals surface area contributed by atoms with E-state index in [0.717, 1.165) is 19.3 Å². The lowest BCUT2D eigenvalue weighted by Gasteiger charge is -2.27. The molecule has 1 aliphatic rings. The molecular weight excluding hydrogens is 320 g/mol. The van der Waals surface area contributed by atoms with Crippen LogP contribution in [0.15, 0.2) is 23.2 Å². The first-order valence-electron chi connectivity index (χ1n) is 7.13. The van der Waals surface area contributed by atoms with Gasteiger partial charge in [-0.15, -0.1) is 22.7 Å². The van der Waals surface area contributed by atoms with Crippen LogP contribution >= 0.6 is 22.7 Å². The van der Waals surface area contributed by atoms with Gasteiger partial charge in [-0.25, -0.2) is 9.97 Å². The minimum Gasteiger partial charge on any atom is -0.302 e. The number of hydrogen-bond acceptors (Lipinski definition) is 6. The van der Waals surface area contributed by atoms with E-state index in [1.807, 2.05) is 10.8 Å². The van der Waals surface area contributed by atoms with Crippen molar-refractivity contribution in [2.45, 2.75) is 25.7 Å². The van der Waals surface area contributed by atoms with E-state index in [-0.39, 0.29) is 23.7 Å². The third-order valence-corrected chi connectivity index (χ3v) is 5.12. The molecule has 8 heteroatoms. The van der Waals surface area contributed by atoms with Gasteiger partial charge in [0, 0.05) is 35.0 Å². The molecule has 0 aromatic carbocycles. The summed E-state index contributed by atoms with van der Waals surface area (Å²) in [5.41, 5.74) is 0. The number of anilines is 2. The van der Waals surface area contributed by atoms with Gasteiger partial charge in [0.05, 0.1) is 0 Å². The highest BCUT2D eigenvalue weighted by molar-refractivity contribution is 7.14. The van der Waals surface area contributed by atoms with Gasteiger partial charge < -0.3 is 10.6 Å². The summed E-state index contributed by atoms with van der Waals surface area (Å²) in [5.74, 6) is -0.349. The molecule has 1 aliphatic carbocycles. The highest BCUT2D eigenvalue weighted by Crippen LogP contribution is 2.31. The summed E-state index contributed by atoms with van der Waals surface area (Å²) in [6.45, 7) is 0. The Bertz CT molecular complexity index is 573. The fraction of sp³-hybridized carbons (Fsp3) is 0.429. The predicted molar refractivity (Wildman–Crippen MR) is 86.9 cm³/mol. The number of thiazole rings is 2. The zero-order valence-electron chi connectivity index (χ0n) is 11.8. The molecule has 2 heterocycles. The van der Waals surface area contributed by atoms with Crippen LogP contribution in [0.3, 0.4) is 0 Å². The lowest BCUT2D eigenvalue weighted by Crippen LogP contribution is -2.33. The Balaban J connectivity index is 1.56. The molecule has 1 fully saturated rings. The summed E-state index contributed by atoms with van der Waals surface area (Å²) in [7, 11) is 0. The fourth-order valence-corrected chi connectivity index (χ4v) is 3.72. The molecule has 2 N–H and O–H groups in total. The second-order valence-corrected chi connectivity index (χ2v) is 7.00. The Hall–Kier alpha value is -1.80. The zero-order chi connectivity index (χ0) is 15.4.